The maximum atomic E-state index is 12.7. The number of aromatic nitrogens is 2. The summed E-state index contributed by atoms with van der Waals surface area (Å²) in [4.78, 5) is 9.74. The molecule has 0 fully saturated rings. The van der Waals surface area contributed by atoms with E-state index in [0.717, 1.165) is 6.07 Å². The third kappa shape index (κ3) is 4.32. The summed E-state index contributed by atoms with van der Waals surface area (Å²) in [5.74, 6) is -0.257. The fraction of sp³-hybridized carbons (Fsp3) is 0.154. The van der Waals surface area contributed by atoms with E-state index >= 15 is 0 Å². The van der Waals surface area contributed by atoms with Crippen molar-refractivity contribution in [3.05, 3.63) is 46.7 Å². The Morgan fingerprint density at radius 2 is 1.86 bits per heavy atom. The van der Waals surface area contributed by atoms with Crippen LogP contribution in [-0.4, -0.2) is 15.9 Å². The number of guanidine groups is 1. The second-order valence-electron chi connectivity index (χ2n) is 4.39. The first-order valence-corrected chi connectivity index (χ1v) is 6.47. The van der Waals surface area contributed by atoms with Crippen molar-refractivity contribution in [1.82, 2.24) is 9.97 Å². The molecule has 1 heterocycles. The lowest BCUT2D eigenvalue weighted by Gasteiger charge is -2.04. The predicted molar refractivity (Wildman–Crippen MR) is 76.7 cm³/mol. The van der Waals surface area contributed by atoms with Gasteiger partial charge in [-0.2, -0.15) is 13.2 Å². The lowest BCUT2D eigenvalue weighted by Crippen LogP contribution is -2.72. The molecule has 22 heavy (non-hydrogen) atoms. The molecule has 0 amide bonds. The third-order valence-electron chi connectivity index (χ3n) is 2.51. The zero-order valence-electron chi connectivity index (χ0n) is 11.4. The van der Waals surface area contributed by atoms with Crippen molar-refractivity contribution in [2.45, 2.75) is 13.1 Å². The van der Waals surface area contributed by atoms with Crippen LogP contribution >= 0.6 is 11.6 Å². The van der Waals surface area contributed by atoms with Gasteiger partial charge in [-0.3, -0.25) is 5.32 Å². The van der Waals surface area contributed by atoms with Crippen molar-refractivity contribution in [3.8, 4) is 0 Å². The smallest absolute Gasteiger partial charge is 0.322 e. The number of anilines is 1. The molecule has 0 aliphatic rings. The second kappa shape index (κ2) is 6.18. The normalized spacial score (nSPS) is 12.3. The SMILES string of the molecule is Cc1cc(C(F)(F)F)nc([NH+]=C(N)Nc2ccc(Cl)cc2)n1. The topological polar surface area (TPSA) is 77.8 Å². The van der Waals surface area contributed by atoms with E-state index in [0.29, 0.717) is 10.7 Å². The van der Waals surface area contributed by atoms with Crippen LogP contribution in [0.1, 0.15) is 11.4 Å². The quantitative estimate of drug-likeness (QED) is 0.577. The monoisotopic (exact) mass is 330 g/mol. The van der Waals surface area contributed by atoms with Gasteiger partial charge in [0.25, 0.3) is 5.96 Å². The summed E-state index contributed by atoms with van der Waals surface area (Å²) in [5.41, 5.74) is 5.43. The molecule has 1 aromatic heterocycles. The molecule has 0 aliphatic carbocycles. The van der Waals surface area contributed by atoms with E-state index in [1.54, 1.807) is 24.3 Å². The van der Waals surface area contributed by atoms with Crippen molar-refractivity contribution in [1.29, 1.82) is 0 Å². The van der Waals surface area contributed by atoms with E-state index in [4.69, 9.17) is 17.3 Å². The van der Waals surface area contributed by atoms with E-state index in [2.05, 4.69) is 20.3 Å². The van der Waals surface area contributed by atoms with Gasteiger partial charge in [0.15, 0.2) is 5.69 Å². The van der Waals surface area contributed by atoms with Crippen LogP contribution in [0.2, 0.25) is 5.02 Å². The number of alkyl halides is 3. The van der Waals surface area contributed by atoms with Crippen LogP contribution in [0.3, 0.4) is 0 Å². The highest BCUT2D eigenvalue weighted by atomic mass is 35.5. The van der Waals surface area contributed by atoms with Crippen molar-refractivity contribution in [2.24, 2.45) is 5.73 Å². The fourth-order valence-corrected chi connectivity index (χ4v) is 1.74. The largest absolute Gasteiger partial charge is 0.443 e. The summed E-state index contributed by atoms with van der Waals surface area (Å²) < 4.78 is 38.1. The van der Waals surface area contributed by atoms with Gasteiger partial charge in [0.05, 0.1) is 11.4 Å². The number of hydrogen-bond donors (Lipinski definition) is 3. The van der Waals surface area contributed by atoms with Gasteiger partial charge in [0, 0.05) is 11.1 Å². The van der Waals surface area contributed by atoms with Crippen LogP contribution in [-0.2, 0) is 6.18 Å². The van der Waals surface area contributed by atoms with Gasteiger partial charge in [-0.05, 0) is 31.2 Å². The van der Waals surface area contributed by atoms with Gasteiger partial charge in [-0.25, -0.2) is 4.99 Å². The molecule has 1 aromatic carbocycles. The molecule has 2 aromatic rings. The lowest BCUT2D eigenvalue weighted by atomic mass is 10.3. The first-order chi connectivity index (χ1) is 10.2. The Bertz CT molecular complexity index is 698. The Balaban J connectivity index is 2.24. The molecule has 0 atom stereocenters. The molecule has 0 saturated heterocycles. The van der Waals surface area contributed by atoms with Gasteiger partial charge in [0.1, 0.15) is 0 Å². The highest BCUT2D eigenvalue weighted by molar-refractivity contribution is 6.30. The van der Waals surface area contributed by atoms with Crippen LogP contribution in [0.25, 0.3) is 0 Å². The number of benzene rings is 1. The number of nitrogens with two attached hydrogens (primary N) is 1. The zero-order chi connectivity index (χ0) is 16.3. The molecule has 0 saturated carbocycles. The first kappa shape index (κ1) is 16.0. The number of halogens is 4. The van der Waals surface area contributed by atoms with Crippen LogP contribution in [0, 0.1) is 6.92 Å². The number of nitrogens with one attached hydrogen (secondary N) is 2. The average molecular weight is 331 g/mol. The zero-order valence-corrected chi connectivity index (χ0v) is 12.1. The van der Waals surface area contributed by atoms with Crippen molar-refractivity contribution in [3.63, 3.8) is 0 Å². The summed E-state index contributed by atoms with van der Waals surface area (Å²) in [5, 5.41) is 3.31. The molecule has 5 nitrogen and oxygen atoms in total. The van der Waals surface area contributed by atoms with E-state index in [-0.39, 0.29) is 17.6 Å². The van der Waals surface area contributed by atoms with Gasteiger partial charge in [-0.15, -0.1) is 9.97 Å². The Kier molecular flexibility index (Phi) is 4.51. The maximum Gasteiger partial charge on any atom is 0.443 e. The number of aryl methyl sites for hydroxylation is 1. The number of hydrogen-bond acceptors (Lipinski definition) is 2. The van der Waals surface area contributed by atoms with Crippen molar-refractivity contribution < 1.29 is 18.2 Å². The van der Waals surface area contributed by atoms with Crippen molar-refractivity contribution in [2.75, 3.05) is 5.32 Å². The molecule has 0 unspecified atom stereocenters. The van der Waals surface area contributed by atoms with Crippen LogP contribution in [0.15, 0.2) is 30.3 Å². The average Bonchev–Trinajstić information content (AvgIpc) is 2.39. The summed E-state index contributed by atoms with van der Waals surface area (Å²) in [6, 6.07) is 7.46. The molecule has 2 rings (SSSR count). The van der Waals surface area contributed by atoms with Gasteiger partial charge in [-0.1, -0.05) is 11.6 Å². The minimum absolute atomic E-state index is 0.0129. The van der Waals surface area contributed by atoms with Crippen LogP contribution < -0.4 is 16.0 Å². The summed E-state index contributed by atoms with van der Waals surface area (Å²) in [6.45, 7) is 1.44. The molecule has 9 heteroatoms. The molecule has 0 radical (unpaired) electrons. The van der Waals surface area contributed by atoms with E-state index in [1.807, 2.05) is 0 Å². The molecular weight excluding hydrogens is 319 g/mol. The second-order valence-corrected chi connectivity index (χ2v) is 4.82. The summed E-state index contributed by atoms with van der Waals surface area (Å²) >= 11 is 5.75. The molecule has 4 N–H and O–H groups in total. The maximum absolute atomic E-state index is 12.7. The van der Waals surface area contributed by atoms with E-state index < -0.39 is 11.9 Å². The lowest BCUT2D eigenvalue weighted by molar-refractivity contribution is -0.366. The summed E-state index contributed by atoms with van der Waals surface area (Å²) in [7, 11) is 0. The van der Waals surface area contributed by atoms with Gasteiger partial charge >= 0.3 is 12.1 Å². The Labute approximate surface area is 129 Å². The van der Waals surface area contributed by atoms with Crippen LogP contribution in [0.5, 0.6) is 0 Å². The minimum atomic E-state index is -4.55. The highest BCUT2D eigenvalue weighted by Crippen LogP contribution is 2.27. The van der Waals surface area contributed by atoms with Gasteiger partial charge < -0.3 is 5.73 Å². The Morgan fingerprint density at radius 3 is 2.45 bits per heavy atom. The van der Waals surface area contributed by atoms with Crippen molar-refractivity contribution >= 4 is 29.2 Å². The predicted octanol–water partition coefficient (Wildman–Crippen LogP) is 1.60. The van der Waals surface area contributed by atoms with E-state index in [1.165, 1.54) is 6.92 Å². The fourth-order valence-electron chi connectivity index (χ4n) is 1.61. The van der Waals surface area contributed by atoms with Gasteiger partial charge in [0.2, 0.25) is 0 Å². The number of rotatable bonds is 2. The molecule has 0 aliphatic heterocycles. The Morgan fingerprint density at radius 1 is 1.23 bits per heavy atom. The molecule has 0 bridgehead atoms. The number of nitrogens with zero attached hydrogens (tertiary/aromatic N) is 2. The van der Waals surface area contributed by atoms with E-state index in [9.17, 15) is 13.2 Å². The molecule has 0 spiro atoms. The highest BCUT2D eigenvalue weighted by Gasteiger charge is 2.35. The minimum Gasteiger partial charge on any atom is -0.322 e. The van der Waals surface area contributed by atoms with Crippen LogP contribution in [0.4, 0.5) is 24.8 Å². The standard InChI is InChI=1S/C13H11ClF3N5/c1-7-6-10(13(15,16)17)21-12(19-7)22-11(18)20-9-4-2-8(14)3-5-9/h2-6H,1H3,(H3,18,19,20,21,22)/p+1. The molecule has 116 valence electrons. The Hall–Kier alpha value is -2.35. The molecular formula is C13H12ClF3N5+. The summed E-state index contributed by atoms with van der Waals surface area (Å²) in [6.07, 6.45) is -4.55. The third-order valence-corrected chi connectivity index (χ3v) is 2.77. The first-order valence-electron chi connectivity index (χ1n) is 6.09.